The van der Waals surface area contributed by atoms with Gasteiger partial charge in [-0.1, -0.05) is 0 Å². The molecule has 0 heterocycles. The second kappa shape index (κ2) is 5.00. The average molecular weight is 213 g/mol. The zero-order chi connectivity index (χ0) is 10.6. The molecule has 0 spiro atoms. The minimum Gasteiger partial charge on any atom is -0.493 e. The van der Waals surface area contributed by atoms with E-state index in [0.29, 0.717) is 5.88 Å². The third kappa shape index (κ3) is 2.26. The van der Waals surface area contributed by atoms with Gasteiger partial charge in [0.05, 0.1) is 20.1 Å². The molecule has 3 nitrogen and oxygen atoms in total. The highest BCUT2D eigenvalue weighted by molar-refractivity contribution is 7.80. The quantitative estimate of drug-likeness (QED) is 0.594. The van der Waals surface area contributed by atoms with Crippen LogP contribution in [0.3, 0.4) is 0 Å². The molecule has 0 aliphatic rings. The minimum atomic E-state index is 0.594. The number of ether oxygens (including phenoxy) is 2. The Morgan fingerprint density at radius 2 is 1.79 bits per heavy atom. The molecule has 14 heavy (non-hydrogen) atoms. The highest BCUT2D eigenvalue weighted by atomic mass is 32.1. The van der Waals surface area contributed by atoms with E-state index < -0.39 is 0 Å². The van der Waals surface area contributed by atoms with E-state index >= 15 is 0 Å². The Morgan fingerprint density at radius 1 is 1.21 bits per heavy atom. The number of methoxy groups -OCH3 is 2. The molecular weight excluding hydrogens is 198 g/mol. The van der Waals surface area contributed by atoms with E-state index in [2.05, 4.69) is 17.9 Å². The fourth-order valence-electron chi connectivity index (χ4n) is 1.26. The molecule has 0 saturated heterocycles. The highest BCUT2D eigenvalue weighted by Gasteiger charge is 2.07. The summed E-state index contributed by atoms with van der Waals surface area (Å²) in [5.41, 5.74) is 2.12. The summed E-state index contributed by atoms with van der Waals surface area (Å²) in [5.74, 6) is 2.06. The van der Waals surface area contributed by atoms with Crippen LogP contribution < -0.4 is 14.8 Å². The van der Waals surface area contributed by atoms with Crippen LogP contribution in [0.1, 0.15) is 5.56 Å². The van der Waals surface area contributed by atoms with E-state index in [1.807, 2.05) is 19.1 Å². The van der Waals surface area contributed by atoms with E-state index in [9.17, 15) is 0 Å². The van der Waals surface area contributed by atoms with Crippen LogP contribution in [-0.4, -0.2) is 20.1 Å². The molecule has 0 amide bonds. The number of benzene rings is 1. The maximum absolute atomic E-state index is 5.19. The Labute approximate surface area is 89.8 Å². The summed E-state index contributed by atoms with van der Waals surface area (Å²) in [6.07, 6.45) is 0. The summed E-state index contributed by atoms with van der Waals surface area (Å²) in [7, 11) is 3.25. The van der Waals surface area contributed by atoms with E-state index in [0.717, 1.165) is 22.7 Å². The van der Waals surface area contributed by atoms with Gasteiger partial charge < -0.3 is 14.8 Å². The van der Waals surface area contributed by atoms with E-state index in [1.165, 1.54) is 0 Å². The molecule has 1 aromatic rings. The molecule has 4 heteroatoms. The fraction of sp³-hybridized carbons (Fsp3) is 0.400. The number of rotatable bonds is 4. The molecule has 0 saturated carbocycles. The lowest BCUT2D eigenvalue weighted by Gasteiger charge is -2.12. The number of hydrogen-bond acceptors (Lipinski definition) is 4. The van der Waals surface area contributed by atoms with Gasteiger partial charge >= 0.3 is 0 Å². The minimum absolute atomic E-state index is 0.594. The molecule has 0 unspecified atom stereocenters. The Kier molecular flexibility index (Phi) is 3.95. The van der Waals surface area contributed by atoms with Crippen LogP contribution in [0, 0.1) is 6.92 Å². The summed E-state index contributed by atoms with van der Waals surface area (Å²) in [6.45, 7) is 2.01. The molecular formula is C10H15NO2S. The van der Waals surface area contributed by atoms with Gasteiger partial charge in [0.2, 0.25) is 0 Å². The van der Waals surface area contributed by atoms with Crippen molar-refractivity contribution in [3.8, 4) is 11.5 Å². The van der Waals surface area contributed by atoms with Crippen LogP contribution in [0.25, 0.3) is 0 Å². The SMILES string of the molecule is COc1cc(C)c(NCS)cc1OC. The number of nitrogens with one attached hydrogen (secondary N) is 1. The molecule has 0 fully saturated rings. The molecule has 0 bridgehead atoms. The van der Waals surface area contributed by atoms with Gasteiger partial charge in [0.1, 0.15) is 0 Å². The summed E-state index contributed by atoms with van der Waals surface area (Å²) in [6, 6.07) is 3.84. The van der Waals surface area contributed by atoms with Crippen LogP contribution >= 0.6 is 12.6 Å². The molecule has 1 N–H and O–H groups in total. The molecule has 78 valence electrons. The van der Waals surface area contributed by atoms with Crippen LogP contribution in [0.2, 0.25) is 0 Å². The number of hydrogen-bond donors (Lipinski definition) is 2. The van der Waals surface area contributed by atoms with Crippen molar-refractivity contribution in [1.29, 1.82) is 0 Å². The fourth-order valence-corrected chi connectivity index (χ4v) is 1.43. The molecule has 1 rings (SSSR count). The molecule has 1 aromatic carbocycles. The lowest BCUT2D eigenvalue weighted by atomic mass is 10.2. The predicted molar refractivity (Wildman–Crippen MR) is 61.8 cm³/mol. The first-order chi connectivity index (χ1) is 6.72. The van der Waals surface area contributed by atoms with E-state index in [4.69, 9.17) is 9.47 Å². The van der Waals surface area contributed by atoms with E-state index in [1.54, 1.807) is 14.2 Å². The van der Waals surface area contributed by atoms with Gasteiger partial charge in [0, 0.05) is 11.8 Å². The van der Waals surface area contributed by atoms with Gasteiger partial charge in [-0.15, -0.1) is 0 Å². The molecule has 0 aromatic heterocycles. The van der Waals surface area contributed by atoms with E-state index in [-0.39, 0.29) is 0 Å². The summed E-state index contributed by atoms with van der Waals surface area (Å²) in [5, 5.41) is 3.13. The Morgan fingerprint density at radius 3 is 2.29 bits per heavy atom. The average Bonchev–Trinajstić information content (AvgIpc) is 2.20. The third-order valence-electron chi connectivity index (χ3n) is 2.00. The van der Waals surface area contributed by atoms with Crippen molar-refractivity contribution in [3.63, 3.8) is 0 Å². The van der Waals surface area contributed by atoms with Crippen LogP contribution in [0.4, 0.5) is 5.69 Å². The number of anilines is 1. The van der Waals surface area contributed by atoms with Gasteiger partial charge in [0.15, 0.2) is 11.5 Å². The molecule has 0 atom stereocenters. The van der Waals surface area contributed by atoms with Gasteiger partial charge in [-0.25, -0.2) is 0 Å². The van der Waals surface area contributed by atoms with Crippen LogP contribution in [0.15, 0.2) is 12.1 Å². The van der Waals surface area contributed by atoms with Crippen molar-refractivity contribution in [2.45, 2.75) is 6.92 Å². The Bertz CT molecular complexity index is 315. The number of thiol groups is 1. The maximum Gasteiger partial charge on any atom is 0.162 e. The van der Waals surface area contributed by atoms with Crippen molar-refractivity contribution in [2.24, 2.45) is 0 Å². The Hall–Kier alpha value is -1.03. The predicted octanol–water partition coefficient (Wildman–Crippen LogP) is 2.31. The Balaban J connectivity index is 3.09. The summed E-state index contributed by atoms with van der Waals surface area (Å²) < 4.78 is 10.4. The second-order valence-electron chi connectivity index (χ2n) is 2.86. The van der Waals surface area contributed by atoms with Gasteiger partial charge in [0.25, 0.3) is 0 Å². The first kappa shape index (κ1) is 11.0. The van der Waals surface area contributed by atoms with Crippen LogP contribution in [0.5, 0.6) is 11.5 Å². The summed E-state index contributed by atoms with van der Waals surface area (Å²) in [4.78, 5) is 0. The normalized spacial score (nSPS) is 9.71. The monoisotopic (exact) mass is 213 g/mol. The molecule has 0 aliphatic heterocycles. The van der Waals surface area contributed by atoms with Crippen molar-refractivity contribution < 1.29 is 9.47 Å². The third-order valence-corrected chi connectivity index (χ3v) is 2.16. The molecule has 0 aliphatic carbocycles. The molecule has 0 radical (unpaired) electrons. The zero-order valence-electron chi connectivity index (χ0n) is 8.63. The van der Waals surface area contributed by atoms with Crippen molar-refractivity contribution in [1.82, 2.24) is 0 Å². The van der Waals surface area contributed by atoms with Gasteiger partial charge in [-0.2, -0.15) is 12.6 Å². The topological polar surface area (TPSA) is 30.5 Å². The summed E-state index contributed by atoms with van der Waals surface area (Å²) >= 11 is 4.11. The maximum atomic E-state index is 5.19. The lowest BCUT2D eigenvalue weighted by Crippen LogP contribution is -1.99. The smallest absolute Gasteiger partial charge is 0.162 e. The largest absolute Gasteiger partial charge is 0.493 e. The van der Waals surface area contributed by atoms with Gasteiger partial charge in [-0.3, -0.25) is 0 Å². The second-order valence-corrected chi connectivity index (χ2v) is 3.17. The van der Waals surface area contributed by atoms with Crippen LogP contribution in [-0.2, 0) is 0 Å². The first-order valence-electron chi connectivity index (χ1n) is 4.30. The van der Waals surface area contributed by atoms with Crippen molar-refractivity contribution in [3.05, 3.63) is 17.7 Å². The van der Waals surface area contributed by atoms with Crippen molar-refractivity contribution >= 4 is 18.3 Å². The lowest BCUT2D eigenvalue weighted by molar-refractivity contribution is 0.355. The van der Waals surface area contributed by atoms with Gasteiger partial charge in [-0.05, 0) is 18.6 Å². The highest BCUT2D eigenvalue weighted by Crippen LogP contribution is 2.32. The number of aryl methyl sites for hydroxylation is 1. The van der Waals surface area contributed by atoms with Crippen molar-refractivity contribution in [2.75, 3.05) is 25.4 Å². The zero-order valence-corrected chi connectivity index (χ0v) is 9.52. The standard InChI is InChI=1S/C10H15NO2S/c1-7-4-9(12-2)10(13-3)5-8(7)11-6-14/h4-5,11,14H,6H2,1-3H3. The first-order valence-corrected chi connectivity index (χ1v) is 4.93.